The van der Waals surface area contributed by atoms with Crippen LogP contribution in [0.5, 0.6) is 0 Å². The van der Waals surface area contributed by atoms with Crippen LogP contribution in [0, 0.1) is 6.92 Å². The SMILES string of the molecule is Cc1cc(=O)n2nc(C(F)(F)F)nc2n1C. The van der Waals surface area contributed by atoms with E-state index in [-0.39, 0.29) is 5.78 Å². The van der Waals surface area contributed by atoms with Gasteiger partial charge < -0.3 is 4.57 Å². The van der Waals surface area contributed by atoms with Gasteiger partial charge in [0.15, 0.2) is 0 Å². The van der Waals surface area contributed by atoms with Crippen molar-refractivity contribution in [1.82, 2.24) is 19.2 Å². The highest BCUT2D eigenvalue weighted by molar-refractivity contribution is 5.30. The van der Waals surface area contributed by atoms with Gasteiger partial charge in [-0.25, -0.2) is 0 Å². The van der Waals surface area contributed by atoms with Crippen molar-refractivity contribution in [1.29, 1.82) is 0 Å². The van der Waals surface area contributed by atoms with Gasteiger partial charge in [-0.15, -0.1) is 5.10 Å². The van der Waals surface area contributed by atoms with Gasteiger partial charge in [0.1, 0.15) is 0 Å². The Hall–Kier alpha value is -1.86. The van der Waals surface area contributed by atoms with Crippen LogP contribution in [-0.2, 0) is 13.2 Å². The van der Waals surface area contributed by atoms with Crippen LogP contribution in [0.4, 0.5) is 13.2 Å². The van der Waals surface area contributed by atoms with E-state index in [1.165, 1.54) is 17.7 Å². The number of hydrogen-bond donors (Lipinski definition) is 0. The molecule has 0 aromatic carbocycles. The van der Waals surface area contributed by atoms with E-state index in [1.807, 2.05) is 0 Å². The van der Waals surface area contributed by atoms with Gasteiger partial charge in [0.25, 0.3) is 11.4 Å². The highest BCUT2D eigenvalue weighted by atomic mass is 19.4. The summed E-state index contributed by atoms with van der Waals surface area (Å²) in [5.74, 6) is -1.44. The standard InChI is InChI=1S/C8H7F3N4O/c1-4-3-5(16)15-7(14(4)2)12-6(13-15)8(9,10)11/h3H,1-2H3. The fourth-order valence-electron chi connectivity index (χ4n) is 1.28. The molecule has 2 aromatic heterocycles. The molecule has 0 saturated carbocycles. The maximum absolute atomic E-state index is 12.3. The fraction of sp³-hybridized carbons (Fsp3) is 0.375. The molecule has 0 spiro atoms. The number of hydrogen-bond acceptors (Lipinski definition) is 3. The van der Waals surface area contributed by atoms with Gasteiger partial charge in [-0.05, 0) is 6.92 Å². The highest BCUT2D eigenvalue weighted by Gasteiger charge is 2.36. The van der Waals surface area contributed by atoms with E-state index in [0.29, 0.717) is 10.2 Å². The zero-order valence-electron chi connectivity index (χ0n) is 8.41. The molecule has 0 atom stereocenters. The zero-order valence-corrected chi connectivity index (χ0v) is 8.41. The lowest BCUT2D eigenvalue weighted by atomic mass is 10.4. The number of rotatable bonds is 0. The summed E-state index contributed by atoms with van der Waals surface area (Å²) < 4.78 is 39.0. The third-order valence-electron chi connectivity index (χ3n) is 2.21. The second kappa shape index (κ2) is 3.06. The topological polar surface area (TPSA) is 52.2 Å². The highest BCUT2D eigenvalue weighted by Crippen LogP contribution is 2.25. The number of aromatic nitrogens is 4. The average molecular weight is 232 g/mol. The lowest BCUT2D eigenvalue weighted by Gasteiger charge is -2.02. The molecule has 0 aliphatic heterocycles. The van der Waals surface area contributed by atoms with Gasteiger partial charge in [0, 0.05) is 18.8 Å². The molecule has 0 amide bonds. The molecule has 2 rings (SSSR count). The van der Waals surface area contributed by atoms with Crippen LogP contribution in [0.1, 0.15) is 11.5 Å². The molecule has 0 aliphatic carbocycles. The van der Waals surface area contributed by atoms with Crippen LogP contribution >= 0.6 is 0 Å². The van der Waals surface area contributed by atoms with Crippen LogP contribution in [0.15, 0.2) is 10.9 Å². The normalized spacial score (nSPS) is 12.3. The summed E-state index contributed by atoms with van der Waals surface area (Å²) in [6.45, 7) is 1.60. The van der Waals surface area contributed by atoms with E-state index in [0.717, 1.165) is 0 Å². The van der Waals surface area contributed by atoms with Crippen molar-refractivity contribution in [2.75, 3.05) is 0 Å². The third kappa shape index (κ3) is 1.46. The summed E-state index contributed by atoms with van der Waals surface area (Å²) in [7, 11) is 1.51. The van der Waals surface area contributed by atoms with E-state index >= 15 is 0 Å². The first-order valence-electron chi connectivity index (χ1n) is 4.31. The van der Waals surface area contributed by atoms with Gasteiger partial charge >= 0.3 is 6.18 Å². The zero-order chi connectivity index (χ0) is 12.1. The lowest BCUT2D eigenvalue weighted by molar-refractivity contribution is -0.144. The van der Waals surface area contributed by atoms with Gasteiger partial charge in [-0.3, -0.25) is 4.79 Å². The van der Waals surface area contributed by atoms with Gasteiger partial charge in [0.2, 0.25) is 5.78 Å². The van der Waals surface area contributed by atoms with Crippen molar-refractivity contribution in [3.63, 3.8) is 0 Å². The molecule has 0 bridgehead atoms. The Kier molecular flexibility index (Phi) is 2.04. The van der Waals surface area contributed by atoms with Crippen LogP contribution in [0.3, 0.4) is 0 Å². The Morgan fingerprint density at radius 3 is 2.56 bits per heavy atom. The minimum atomic E-state index is -4.65. The first kappa shape index (κ1) is 10.7. The van der Waals surface area contributed by atoms with E-state index in [4.69, 9.17) is 0 Å². The van der Waals surface area contributed by atoms with Crippen LogP contribution < -0.4 is 5.56 Å². The molecule has 0 fully saturated rings. The second-order valence-electron chi connectivity index (χ2n) is 3.33. The van der Waals surface area contributed by atoms with Crippen molar-refractivity contribution < 1.29 is 13.2 Å². The van der Waals surface area contributed by atoms with Gasteiger partial charge in [-0.2, -0.15) is 22.7 Å². The summed E-state index contributed by atoms with van der Waals surface area (Å²) in [4.78, 5) is 14.7. The fourth-order valence-corrected chi connectivity index (χ4v) is 1.28. The summed E-state index contributed by atoms with van der Waals surface area (Å²) in [5.41, 5.74) is -0.118. The van der Waals surface area contributed by atoms with Crippen molar-refractivity contribution in [2.45, 2.75) is 13.1 Å². The maximum atomic E-state index is 12.3. The molecular formula is C8H7F3N4O. The molecule has 0 N–H and O–H groups in total. The first-order chi connectivity index (χ1) is 7.30. The van der Waals surface area contributed by atoms with E-state index in [2.05, 4.69) is 10.1 Å². The number of halogens is 3. The Morgan fingerprint density at radius 2 is 2.00 bits per heavy atom. The minimum absolute atomic E-state index is 0.127. The van der Waals surface area contributed by atoms with E-state index in [9.17, 15) is 18.0 Å². The van der Waals surface area contributed by atoms with E-state index < -0.39 is 17.6 Å². The lowest BCUT2D eigenvalue weighted by Crippen LogP contribution is -2.18. The molecular weight excluding hydrogens is 225 g/mol. The minimum Gasteiger partial charge on any atom is -0.317 e. The third-order valence-corrected chi connectivity index (χ3v) is 2.21. The van der Waals surface area contributed by atoms with Crippen molar-refractivity contribution in [2.24, 2.45) is 7.05 Å². The molecule has 0 saturated heterocycles. The average Bonchev–Trinajstić information content (AvgIpc) is 2.58. The molecule has 0 unspecified atom stereocenters. The molecule has 5 nitrogen and oxygen atoms in total. The Labute approximate surface area is 87.1 Å². The number of aryl methyl sites for hydroxylation is 2. The number of nitrogens with zero attached hydrogens (tertiary/aromatic N) is 4. The summed E-state index contributed by atoms with van der Waals surface area (Å²) in [6, 6.07) is 1.20. The summed E-state index contributed by atoms with van der Waals surface area (Å²) >= 11 is 0. The molecule has 8 heteroatoms. The molecule has 0 radical (unpaired) electrons. The van der Waals surface area contributed by atoms with Crippen molar-refractivity contribution >= 4 is 5.78 Å². The summed E-state index contributed by atoms with van der Waals surface area (Å²) in [5, 5.41) is 3.13. The van der Waals surface area contributed by atoms with E-state index in [1.54, 1.807) is 6.92 Å². The molecule has 2 aromatic rings. The Balaban J connectivity index is 2.86. The number of fused-ring (bicyclic) bond motifs is 1. The van der Waals surface area contributed by atoms with Crippen molar-refractivity contribution in [3.05, 3.63) is 27.9 Å². The second-order valence-corrected chi connectivity index (χ2v) is 3.33. The molecule has 0 aliphatic rings. The van der Waals surface area contributed by atoms with Crippen LogP contribution in [0.2, 0.25) is 0 Å². The molecule has 86 valence electrons. The monoisotopic (exact) mass is 232 g/mol. The van der Waals surface area contributed by atoms with Crippen molar-refractivity contribution in [3.8, 4) is 0 Å². The van der Waals surface area contributed by atoms with Crippen LogP contribution in [0.25, 0.3) is 5.78 Å². The first-order valence-corrected chi connectivity index (χ1v) is 4.31. The Morgan fingerprint density at radius 1 is 1.38 bits per heavy atom. The van der Waals surface area contributed by atoms with Gasteiger partial charge in [-0.1, -0.05) is 0 Å². The molecule has 2 heterocycles. The van der Waals surface area contributed by atoms with Gasteiger partial charge in [0.05, 0.1) is 0 Å². The van der Waals surface area contributed by atoms with Crippen LogP contribution in [-0.4, -0.2) is 19.2 Å². The predicted molar refractivity (Wildman–Crippen MR) is 48.0 cm³/mol. The smallest absolute Gasteiger partial charge is 0.317 e. The predicted octanol–water partition coefficient (Wildman–Crippen LogP) is 0.755. The summed E-state index contributed by atoms with van der Waals surface area (Å²) in [6.07, 6.45) is -4.65. The largest absolute Gasteiger partial charge is 0.453 e. The quantitative estimate of drug-likeness (QED) is 0.673. The Bertz CT molecular complexity index is 610. The maximum Gasteiger partial charge on any atom is 0.453 e. The molecule has 16 heavy (non-hydrogen) atoms. The number of alkyl halides is 3.